The van der Waals surface area contributed by atoms with E-state index in [9.17, 15) is 25.0 Å². The van der Waals surface area contributed by atoms with Crippen molar-refractivity contribution in [3.8, 4) is 5.75 Å². The van der Waals surface area contributed by atoms with Gasteiger partial charge in [-0.3, -0.25) is 25.0 Å². The van der Waals surface area contributed by atoms with Crippen LogP contribution in [-0.4, -0.2) is 22.7 Å². The number of halogens is 1. The summed E-state index contributed by atoms with van der Waals surface area (Å²) in [5.74, 6) is -0.139. The monoisotopic (exact) mass is 408 g/mol. The maximum Gasteiger partial charge on any atom is 0.270 e. The van der Waals surface area contributed by atoms with Crippen LogP contribution in [0.2, 0.25) is 0 Å². The van der Waals surface area contributed by atoms with Crippen molar-refractivity contribution < 1.29 is 19.4 Å². The number of benzene rings is 2. The predicted molar refractivity (Wildman–Crippen MR) is 92.7 cm³/mol. The van der Waals surface area contributed by atoms with Crippen molar-refractivity contribution in [2.45, 2.75) is 13.5 Å². The number of ketones is 1. The zero-order valence-corrected chi connectivity index (χ0v) is 14.9. The van der Waals surface area contributed by atoms with Crippen molar-refractivity contribution in [2.24, 2.45) is 0 Å². The Balaban J connectivity index is 2.64. The molecule has 0 unspecified atom stereocenters. The Morgan fingerprint density at radius 3 is 2.48 bits per heavy atom. The summed E-state index contributed by atoms with van der Waals surface area (Å²) in [6.45, 7) is 1.11. The highest BCUT2D eigenvalue weighted by atomic mass is 79.9. The van der Waals surface area contributed by atoms with Crippen molar-refractivity contribution >= 4 is 27.4 Å². The van der Waals surface area contributed by atoms with Crippen LogP contribution < -0.4 is 4.74 Å². The Hall–Kier alpha value is -2.81. The van der Waals surface area contributed by atoms with Gasteiger partial charge in [0.15, 0.2) is 5.78 Å². The Bertz CT molecular complexity index is 881. The van der Waals surface area contributed by atoms with Crippen LogP contribution in [0.3, 0.4) is 0 Å². The molecular formula is C16H13BrN2O6. The van der Waals surface area contributed by atoms with Crippen LogP contribution in [0.15, 0.2) is 34.8 Å². The lowest BCUT2D eigenvalue weighted by Crippen LogP contribution is -2.11. The van der Waals surface area contributed by atoms with E-state index in [1.54, 1.807) is 6.92 Å². The quantitative estimate of drug-likeness (QED) is 0.409. The first-order valence-corrected chi connectivity index (χ1v) is 7.82. The maximum atomic E-state index is 12.8. The first-order valence-electron chi connectivity index (χ1n) is 7.03. The molecule has 0 atom stereocenters. The van der Waals surface area contributed by atoms with Crippen LogP contribution >= 0.6 is 15.9 Å². The van der Waals surface area contributed by atoms with Crippen LogP contribution in [0.25, 0.3) is 0 Å². The van der Waals surface area contributed by atoms with Gasteiger partial charge in [0.05, 0.1) is 22.1 Å². The lowest BCUT2D eigenvalue weighted by atomic mass is 9.95. The minimum Gasteiger partial charge on any atom is -0.495 e. The SMILES string of the molecule is COc1c(C)cc(C(=O)c2cccc([N+](=O)[O-])c2)c(C[N+](=O)[O-])c1Br. The molecule has 25 heavy (non-hydrogen) atoms. The highest BCUT2D eigenvalue weighted by Crippen LogP contribution is 2.36. The number of ether oxygens (including phenoxy) is 1. The summed E-state index contributed by atoms with van der Waals surface area (Å²) >= 11 is 3.26. The van der Waals surface area contributed by atoms with E-state index < -0.39 is 22.2 Å². The molecular weight excluding hydrogens is 396 g/mol. The van der Waals surface area contributed by atoms with Gasteiger partial charge in [0.1, 0.15) is 5.75 Å². The molecule has 0 saturated heterocycles. The van der Waals surface area contributed by atoms with E-state index in [1.165, 1.54) is 31.4 Å². The van der Waals surface area contributed by atoms with Crippen LogP contribution in [0.4, 0.5) is 5.69 Å². The number of methoxy groups -OCH3 is 1. The van der Waals surface area contributed by atoms with Gasteiger partial charge in [0.25, 0.3) is 5.69 Å². The summed E-state index contributed by atoms with van der Waals surface area (Å²) in [6.07, 6.45) is 0. The normalized spacial score (nSPS) is 10.4. The third-order valence-electron chi connectivity index (χ3n) is 3.56. The summed E-state index contributed by atoms with van der Waals surface area (Å²) < 4.78 is 5.54. The molecule has 0 bridgehead atoms. The Labute approximate surface area is 150 Å². The summed E-state index contributed by atoms with van der Waals surface area (Å²) in [4.78, 5) is 33.6. The molecule has 0 aliphatic heterocycles. The average Bonchev–Trinajstić information content (AvgIpc) is 2.56. The molecule has 130 valence electrons. The maximum absolute atomic E-state index is 12.8. The number of carbonyl (C=O) groups excluding carboxylic acids is 1. The van der Waals surface area contributed by atoms with Crippen molar-refractivity contribution in [1.29, 1.82) is 0 Å². The van der Waals surface area contributed by atoms with E-state index >= 15 is 0 Å². The Morgan fingerprint density at radius 1 is 1.24 bits per heavy atom. The van der Waals surface area contributed by atoms with Crippen molar-refractivity contribution in [3.63, 3.8) is 0 Å². The lowest BCUT2D eigenvalue weighted by Gasteiger charge is -2.14. The number of nitrogens with zero attached hydrogens (tertiary/aromatic N) is 2. The van der Waals surface area contributed by atoms with E-state index in [1.807, 2.05) is 0 Å². The fraction of sp³-hybridized carbons (Fsp3) is 0.188. The van der Waals surface area contributed by atoms with Gasteiger partial charge < -0.3 is 4.74 Å². The number of hydrogen-bond acceptors (Lipinski definition) is 6. The molecule has 0 heterocycles. The second kappa shape index (κ2) is 7.39. The van der Waals surface area contributed by atoms with E-state index in [-0.39, 0.29) is 22.4 Å². The van der Waals surface area contributed by atoms with E-state index in [0.717, 1.165) is 6.07 Å². The van der Waals surface area contributed by atoms with Gasteiger partial charge in [0.2, 0.25) is 6.54 Å². The second-order valence-corrected chi connectivity index (χ2v) is 5.99. The predicted octanol–water partition coefficient (Wildman–Crippen LogP) is 3.68. The summed E-state index contributed by atoms with van der Waals surface area (Å²) in [5, 5.41) is 21.9. The molecule has 0 fully saturated rings. The minimum atomic E-state index is -0.607. The summed E-state index contributed by atoms with van der Waals surface area (Å²) in [6, 6.07) is 6.72. The van der Waals surface area contributed by atoms with Crippen LogP contribution in [0.5, 0.6) is 5.75 Å². The summed E-state index contributed by atoms with van der Waals surface area (Å²) in [5.41, 5.74) is 0.711. The van der Waals surface area contributed by atoms with Crippen molar-refractivity contribution in [2.75, 3.05) is 7.11 Å². The zero-order chi connectivity index (χ0) is 18.7. The fourth-order valence-electron chi connectivity index (χ4n) is 2.45. The van der Waals surface area contributed by atoms with Gasteiger partial charge in [-0.15, -0.1) is 0 Å². The molecule has 0 aromatic heterocycles. The lowest BCUT2D eigenvalue weighted by molar-refractivity contribution is -0.497. The highest BCUT2D eigenvalue weighted by Gasteiger charge is 2.24. The highest BCUT2D eigenvalue weighted by molar-refractivity contribution is 9.10. The van der Waals surface area contributed by atoms with Crippen molar-refractivity contribution in [3.05, 3.63) is 77.3 Å². The van der Waals surface area contributed by atoms with Gasteiger partial charge in [-0.2, -0.15) is 0 Å². The van der Waals surface area contributed by atoms with E-state index in [2.05, 4.69) is 15.9 Å². The largest absolute Gasteiger partial charge is 0.495 e. The summed E-state index contributed by atoms with van der Waals surface area (Å²) in [7, 11) is 1.42. The Kier molecular flexibility index (Phi) is 5.48. The van der Waals surface area contributed by atoms with Crippen LogP contribution in [0.1, 0.15) is 27.0 Å². The standard InChI is InChI=1S/C16H13BrN2O6/c1-9-6-12(13(8-18(21)22)14(17)16(9)25-2)15(20)10-4-3-5-11(7-10)19(23)24/h3-7H,8H2,1-2H3. The topological polar surface area (TPSA) is 113 Å². The molecule has 2 aromatic carbocycles. The Morgan fingerprint density at radius 2 is 1.92 bits per heavy atom. The number of hydrogen-bond donors (Lipinski definition) is 0. The fourth-order valence-corrected chi connectivity index (χ4v) is 3.26. The molecule has 0 amide bonds. The van der Waals surface area contributed by atoms with Gasteiger partial charge in [-0.25, -0.2) is 0 Å². The van der Waals surface area contributed by atoms with E-state index in [0.29, 0.717) is 15.8 Å². The first-order chi connectivity index (χ1) is 11.8. The van der Waals surface area contributed by atoms with Crippen LogP contribution in [-0.2, 0) is 6.54 Å². The third-order valence-corrected chi connectivity index (χ3v) is 4.40. The van der Waals surface area contributed by atoms with Gasteiger partial charge in [-0.05, 0) is 34.5 Å². The molecule has 0 saturated carbocycles. The second-order valence-electron chi connectivity index (χ2n) is 5.19. The molecule has 0 spiro atoms. The molecule has 2 aromatic rings. The zero-order valence-electron chi connectivity index (χ0n) is 13.3. The molecule has 2 rings (SSSR count). The molecule has 8 nitrogen and oxygen atoms in total. The molecule has 0 aliphatic rings. The molecule has 0 aliphatic carbocycles. The number of carbonyl (C=O) groups is 1. The van der Waals surface area contributed by atoms with Gasteiger partial charge in [-0.1, -0.05) is 12.1 Å². The minimum absolute atomic E-state index is 0.0789. The van der Waals surface area contributed by atoms with Gasteiger partial charge >= 0.3 is 0 Å². The average molecular weight is 409 g/mol. The number of rotatable bonds is 6. The number of aryl methyl sites for hydroxylation is 1. The number of nitro benzene ring substituents is 1. The smallest absolute Gasteiger partial charge is 0.270 e. The van der Waals surface area contributed by atoms with E-state index in [4.69, 9.17) is 4.74 Å². The number of non-ortho nitro benzene ring substituents is 1. The van der Waals surface area contributed by atoms with Crippen LogP contribution in [0, 0.1) is 27.2 Å². The van der Waals surface area contributed by atoms with Gasteiger partial charge in [0, 0.05) is 28.2 Å². The van der Waals surface area contributed by atoms with Crippen molar-refractivity contribution in [1.82, 2.24) is 0 Å². The number of nitro groups is 2. The molecule has 0 N–H and O–H groups in total. The molecule has 9 heteroatoms. The molecule has 0 radical (unpaired) electrons. The third kappa shape index (κ3) is 3.82. The first kappa shape index (κ1) is 18.5.